The van der Waals surface area contributed by atoms with Crippen molar-refractivity contribution in [1.29, 1.82) is 0 Å². The van der Waals surface area contributed by atoms with Crippen molar-refractivity contribution in [2.45, 2.75) is 19.3 Å². The van der Waals surface area contributed by atoms with E-state index in [0.717, 1.165) is 29.0 Å². The van der Waals surface area contributed by atoms with Crippen LogP contribution in [0.15, 0.2) is 54.7 Å². The van der Waals surface area contributed by atoms with Gasteiger partial charge >= 0.3 is 0 Å². The van der Waals surface area contributed by atoms with Gasteiger partial charge in [0.05, 0.1) is 6.20 Å². The van der Waals surface area contributed by atoms with E-state index in [1.165, 1.54) is 24.4 Å². The third-order valence-electron chi connectivity index (χ3n) is 6.09. The lowest BCUT2D eigenvalue weighted by Gasteiger charge is -2.17. The first-order valence-electron chi connectivity index (χ1n) is 10.8. The molecule has 1 aliphatic rings. The second kappa shape index (κ2) is 8.27. The van der Waals surface area contributed by atoms with Crippen LogP contribution >= 0.6 is 0 Å². The predicted octanol–water partition coefficient (Wildman–Crippen LogP) is 4.93. The molecule has 1 fully saturated rings. The lowest BCUT2D eigenvalue weighted by molar-refractivity contribution is 0.0781. The fourth-order valence-corrected chi connectivity index (χ4v) is 4.45. The van der Waals surface area contributed by atoms with Crippen LogP contribution in [0, 0.1) is 18.6 Å². The number of fused-ring (bicyclic) bond motifs is 1. The third-order valence-corrected chi connectivity index (χ3v) is 6.09. The second-order valence-electron chi connectivity index (χ2n) is 8.44. The average Bonchev–Trinajstić information content (AvgIpc) is 3.40. The lowest BCUT2D eigenvalue weighted by Crippen LogP contribution is -2.30. The Bertz CT molecular complexity index is 1350. The molecule has 4 heterocycles. The van der Waals surface area contributed by atoms with Gasteiger partial charge in [0.15, 0.2) is 0 Å². The van der Waals surface area contributed by atoms with E-state index in [1.54, 1.807) is 18.2 Å². The topological polar surface area (TPSA) is 63.1 Å². The minimum Gasteiger partial charge on any atom is -0.340 e. The highest BCUT2D eigenvalue weighted by Gasteiger charge is 2.30. The van der Waals surface area contributed by atoms with Gasteiger partial charge in [-0.1, -0.05) is 0 Å². The Morgan fingerprint density at radius 3 is 2.70 bits per heavy atom. The molecule has 1 N–H and O–H groups in total. The molecule has 4 aromatic rings. The van der Waals surface area contributed by atoms with Gasteiger partial charge in [0.25, 0.3) is 5.91 Å². The quantitative estimate of drug-likeness (QED) is 0.482. The van der Waals surface area contributed by atoms with Crippen molar-refractivity contribution in [3.05, 3.63) is 83.4 Å². The lowest BCUT2D eigenvalue weighted by atomic mass is 10.0. The van der Waals surface area contributed by atoms with Crippen molar-refractivity contribution >= 4 is 28.3 Å². The molecule has 5 rings (SSSR count). The summed E-state index contributed by atoms with van der Waals surface area (Å²) < 4.78 is 28.5. The maximum Gasteiger partial charge on any atom is 0.270 e. The van der Waals surface area contributed by atoms with Gasteiger partial charge in [-0.2, -0.15) is 0 Å². The number of likely N-dealkylation sites (tertiary alicyclic amines) is 1. The maximum atomic E-state index is 13.6. The van der Waals surface area contributed by atoms with Crippen molar-refractivity contribution in [2.75, 3.05) is 18.4 Å². The Labute approximate surface area is 189 Å². The zero-order valence-corrected chi connectivity index (χ0v) is 18.3. The molecule has 6 nitrogen and oxygen atoms in total. The van der Waals surface area contributed by atoms with E-state index in [-0.39, 0.29) is 23.5 Å². The van der Waals surface area contributed by atoms with Crippen molar-refractivity contribution in [1.82, 2.24) is 19.4 Å². The molecule has 0 aliphatic carbocycles. The molecule has 1 amide bonds. The Kier molecular flexibility index (Phi) is 5.28. The molecule has 1 atom stereocenters. The summed E-state index contributed by atoms with van der Waals surface area (Å²) in [6.07, 6.45) is 1.97. The minimum atomic E-state index is -0.390. The Balaban J connectivity index is 1.34. The number of halogens is 2. The summed E-state index contributed by atoms with van der Waals surface area (Å²) in [4.78, 5) is 23.8. The number of anilines is 2. The van der Waals surface area contributed by atoms with Crippen molar-refractivity contribution < 1.29 is 13.6 Å². The molecule has 0 unspecified atom stereocenters. The maximum absolute atomic E-state index is 13.6. The number of carbonyl (C=O) groups is 1. The summed E-state index contributed by atoms with van der Waals surface area (Å²) in [5, 5.41) is 3.90. The predicted molar refractivity (Wildman–Crippen MR) is 123 cm³/mol. The molecular weight excluding hydrogens is 424 g/mol. The monoisotopic (exact) mass is 447 g/mol. The Morgan fingerprint density at radius 2 is 1.91 bits per heavy atom. The highest BCUT2D eigenvalue weighted by molar-refractivity contribution is 5.98. The van der Waals surface area contributed by atoms with Gasteiger partial charge in [-0.05, 0) is 61.9 Å². The van der Waals surface area contributed by atoms with Gasteiger partial charge in [0.1, 0.15) is 23.1 Å². The number of nitrogens with zero attached hydrogens (tertiary/aromatic N) is 4. The molecule has 1 saturated heterocycles. The number of hydrogen-bond donors (Lipinski definition) is 1. The number of benzene rings is 1. The summed E-state index contributed by atoms with van der Waals surface area (Å²) >= 11 is 0. The number of rotatable bonds is 4. The molecule has 0 radical (unpaired) electrons. The highest BCUT2D eigenvalue weighted by Crippen LogP contribution is 2.30. The molecule has 3 aromatic heterocycles. The van der Waals surface area contributed by atoms with Gasteiger partial charge in [-0.15, -0.1) is 0 Å². The van der Waals surface area contributed by atoms with E-state index < -0.39 is 0 Å². The number of carbonyl (C=O) groups excluding carboxylic acids is 1. The first-order chi connectivity index (χ1) is 15.9. The molecule has 168 valence electrons. The SMILES string of the molecule is Cc1cc(Nc2ccc(F)cn2)cc([C@H]2CCN(C(=O)c3cc4cc(F)ccc4n3C)C2)n1. The summed E-state index contributed by atoms with van der Waals surface area (Å²) in [6, 6.07) is 13.1. The minimum absolute atomic E-state index is 0.0712. The van der Waals surface area contributed by atoms with E-state index in [0.29, 0.717) is 30.0 Å². The van der Waals surface area contributed by atoms with Crippen LogP contribution in [0.5, 0.6) is 0 Å². The Hall–Kier alpha value is -3.81. The molecular formula is C25H23F2N5O. The molecule has 1 aromatic carbocycles. The van der Waals surface area contributed by atoms with Crippen LogP contribution in [-0.2, 0) is 7.05 Å². The highest BCUT2D eigenvalue weighted by atomic mass is 19.1. The largest absolute Gasteiger partial charge is 0.340 e. The van der Waals surface area contributed by atoms with E-state index in [9.17, 15) is 13.6 Å². The first-order valence-corrected chi connectivity index (χ1v) is 10.8. The van der Waals surface area contributed by atoms with E-state index >= 15 is 0 Å². The molecule has 8 heteroatoms. The zero-order valence-electron chi connectivity index (χ0n) is 18.3. The van der Waals surface area contributed by atoms with Crippen LogP contribution in [0.4, 0.5) is 20.3 Å². The van der Waals surface area contributed by atoms with E-state index in [4.69, 9.17) is 4.98 Å². The summed E-state index contributed by atoms with van der Waals surface area (Å²) in [6.45, 7) is 3.09. The molecule has 0 saturated carbocycles. The van der Waals surface area contributed by atoms with Crippen LogP contribution in [0.25, 0.3) is 10.9 Å². The summed E-state index contributed by atoms with van der Waals surface area (Å²) in [5.41, 5.74) is 3.92. The number of aromatic nitrogens is 3. The fraction of sp³-hybridized carbons (Fsp3) is 0.240. The number of aryl methyl sites for hydroxylation is 2. The fourth-order valence-electron chi connectivity index (χ4n) is 4.45. The smallest absolute Gasteiger partial charge is 0.270 e. The number of hydrogen-bond acceptors (Lipinski definition) is 4. The second-order valence-corrected chi connectivity index (χ2v) is 8.44. The van der Waals surface area contributed by atoms with E-state index in [2.05, 4.69) is 10.3 Å². The molecule has 0 bridgehead atoms. The van der Waals surface area contributed by atoms with Crippen molar-refractivity contribution in [2.24, 2.45) is 7.05 Å². The van der Waals surface area contributed by atoms with Crippen LogP contribution in [0.1, 0.15) is 34.2 Å². The third kappa shape index (κ3) is 4.16. The molecule has 0 spiro atoms. The van der Waals surface area contributed by atoms with Gasteiger partial charge in [0, 0.05) is 54.0 Å². The van der Waals surface area contributed by atoms with Gasteiger partial charge < -0.3 is 14.8 Å². The van der Waals surface area contributed by atoms with Gasteiger partial charge in [-0.3, -0.25) is 9.78 Å². The van der Waals surface area contributed by atoms with E-state index in [1.807, 2.05) is 35.6 Å². The summed E-state index contributed by atoms with van der Waals surface area (Å²) in [7, 11) is 1.82. The number of pyridine rings is 2. The standard InChI is InChI=1S/C25H23F2N5O/c1-15-9-20(30-24-6-4-19(27)13-28-24)12-21(29-15)16-7-8-32(14-16)25(33)23-11-17-10-18(26)3-5-22(17)31(23)2/h3-6,9-13,16H,7-8,14H2,1-2H3,(H,28,29,30)/t16-/m0/s1. The van der Waals surface area contributed by atoms with Crippen LogP contribution < -0.4 is 5.32 Å². The first kappa shape index (κ1) is 21.1. The van der Waals surface area contributed by atoms with Crippen molar-refractivity contribution in [3.8, 4) is 0 Å². The van der Waals surface area contributed by atoms with Crippen LogP contribution in [0.2, 0.25) is 0 Å². The average molecular weight is 447 g/mol. The van der Waals surface area contributed by atoms with Gasteiger partial charge in [-0.25, -0.2) is 13.8 Å². The number of nitrogens with one attached hydrogen (secondary N) is 1. The van der Waals surface area contributed by atoms with Crippen LogP contribution in [-0.4, -0.2) is 38.4 Å². The number of amides is 1. The normalized spacial score (nSPS) is 15.9. The zero-order chi connectivity index (χ0) is 23.1. The van der Waals surface area contributed by atoms with Crippen LogP contribution in [0.3, 0.4) is 0 Å². The molecule has 1 aliphatic heterocycles. The summed E-state index contributed by atoms with van der Waals surface area (Å²) in [5.74, 6) is -0.137. The van der Waals surface area contributed by atoms with Gasteiger partial charge in [0.2, 0.25) is 0 Å². The van der Waals surface area contributed by atoms with Crippen molar-refractivity contribution in [3.63, 3.8) is 0 Å². The molecule has 33 heavy (non-hydrogen) atoms. The Morgan fingerprint density at radius 1 is 1.09 bits per heavy atom.